The van der Waals surface area contributed by atoms with E-state index in [4.69, 9.17) is 14.7 Å². The SMILES string of the molecule is C=CC(=O)N1CCN(c2nc(OC[C@@H]3CCCN3C)nc3c2CCN(c2cccc4c2N(C)CCC4)C3)C[C@@H]1CC#N. The number of aryl methyl sites for hydroxylation is 1. The van der Waals surface area contributed by atoms with Crippen LogP contribution in [0.4, 0.5) is 17.2 Å². The Hall–Kier alpha value is -3.84. The molecule has 222 valence electrons. The van der Waals surface area contributed by atoms with E-state index in [0.29, 0.717) is 44.8 Å². The molecule has 0 radical (unpaired) electrons. The highest BCUT2D eigenvalue weighted by atomic mass is 16.5. The summed E-state index contributed by atoms with van der Waals surface area (Å²) in [6, 6.07) is 9.51. The molecule has 2 atom stereocenters. The number of carbonyl (C=O) groups excluding carboxylic acids is 1. The number of ether oxygens (including phenoxy) is 1. The van der Waals surface area contributed by atoms with Crippen molar-refractivity contribution >= 4 is 23.1 Å². The Morgan fingerprint density at radius 1 is 1.10 bits per heavy atom. The molecule has 10 nitrogen and oxygen atoms in total. The number of amides is 1. The average Bonchev–Trinajstić information content (AvgIpc) is 3.43. The van der Waals surface area contributed by atoms with Crippen molar-refractivity contribution in [3.8, 4) is 12.1 Å². The number of rotatable bonds is 7. The molecule has 0 aliphatic carbocycles. The molecule has 2 saturated heterocycles. The zero-order valence-electron chi connectivity index (χ0n) is 25.0. The highest BCUT2D eigenvalue weighted by Crippen LogP contribution is 2.39. The number of benzene rings is 1. The zero-order chi connectivity index (χ0) is 29.2. The van der Waals surface area contributed by atoms with Gasteiger partial charge in [-0.3, -0.25) is 4.79 Å². The van der Waals surface area contributed by atoms with Gasteiger partial charge in [0.05, 0.1) is 42.1 Å². The van der Waals surface area contributed by atoms with E-state index in [-0.39, 0.29) is 18.4 Å². The molecule has 1 aromatic heterocycles. The second-order valence-corrected chi connectivity index (χ2v) is 12.0. The molecule has 2 fully saturated rings. The molecular formula is C32H42N8O2. The van der Waals surface area contributed by atoms with E-state index in [9.17, 15) is 10.1 Å². The van der Waals surface area contributed by atoms with Crippen molar-refractivity contribution < 1.29 is 9.53 Å². The summed E-state index contributed by atoms with van der Waals surface area (Å²) < 4.78 is 6.31. The van der Waals surface area contributed by atoms with Gasteiger partial charge in [0.15, 0.2) is 0 Å². The number of nitrogens with zero attached hydrogens (tertiary/aromatic N) is 8. The normalized spacial score (nSPS) is 22.4. The van der Waals surface area contributed by atoms with Crippen LogP contribution < -0.4 is 19.4 Å². The number of anilines is 3. The third kappa shape index (κ3) is 5.50. The minimum atomic E-state index is -0.220. The van der Waals surface area contributed by atoms with E-state index in [1.165, 1.54) is 35.9 Å². The highest BCUT2D eigenvalue weighted by Gasteiger charge is 2.34. The second-order valence-electron chi connectivity index (χ2n) is 12.0. The molecule has 4 aliphatic rings. The molecule has 0 unspecified atom stereocenters. The molecule has 0 saturated carbocycles. The monoisotopic (exact) mass is 570 g/mol. The molecule has 5 heterocycles. The Morgan fingerprint density at radius 2 is 1.98 bits per heavy atom. The third-order valence-corrected chi connectivity index (χ3v) is 9.43. The van der Waals surface area contributed by atoms with Crippen LogP contribution in [0.1, 0.15) is 42.5 Å². The summed E-state index contributed by atoms with van der Waals surface area (Å²) in [5.74, 6) is 0.756. The van der Waals surface area contributed by atoms with E-state index in [2.05, 4.69) is 64.5 Å². The van der Waals surface area contributed by atoms with Gasteiger partial charge in [-0.25, -0.2) is 0 Å². The van der Waals surface area contributed by atoms with Crippen LogP contribution in [-0.4, -0.2) is 97.7 Å². The Balaban J connectivity index is 1.32. The first-order chi connectivity index (χ1) is 20.5. The Kier molecular flexibility index (Phi) is 8.20. The fourth-order valence-corrected chi connectivity index (χ4v) is 7.11. The molecule has 4 aliphatic heterocycles. The Morgan fingerprint density at radius 3 is 2.76 bits per heavy atom. The molecule has 6 rings (SSSR count). The van der Waals surface area contributed by atoms with Gasteiger partial charge in [0, 0.05) is 51.4 Å². The lowest BCUT2D eigenvalue weighted by Gasteiger charge is -2.42. The maximum absolute atomic E-state index is 12.5. The topological polar surface area (TPSA) is 92.1 Å². The highest BCUT2D eigenvalue weighted by molar-refractivity contribution is 5.87. The zero-order valence-corrected chi connectivity index (χ0v) is 25.0. The largest absolute Gasteiger partial charge is 0.462 e. The van der Waals surface area contributed by atoms with Crippen LogP contribution in [0.2, 0.25) is 0 Å². The molecule has 1 amide bonds. The van der Waals surface area contributed by atoms with Gasteiger partial charge >= 0.3 is 6.01 Å². The third-order valence-electron chi connectivity index (χ3n) is 9.43. The number of likely N-dealkylation sites (tertiary alicyclic amines) is 1. The summed E-state index contributed by atoms with van der Waals surface area (Å²) in [6.45, 7) is 9.64. The average molecular weight is 571 g/mol. The first-order valence-electron chi connectivity index (χ1n) is 15.3. The summed E-state index contributed by atoms with van der Waals surface area (Å²) in [4.78, 5) is 33.7. The van der Waals surface area contributed by atoms with Crippen LogP contribution >= 0.6 is 0 Å². The number of hydrogen-bond acceptors (Lipinski definition) is 9. The molecule has 2 aromatic rings. The molecule has 10 heteroatoms. The molecule has 1 aromatic carbocycles. The summed E-state index contributed by atoms with van der Waals surface area (Å²) in [7, 11) is 4.34. The van der Waals surface area contributed by atoms with Crippen LogP contribution in [0.15, 0.2) is 30.9 Å². The van der Waals surface area contributed by atoms with E-state index < -0.39 is 0 Å². The maximum Gasteiger partial charge on any atom is 0.318 e. The Labute approximate surface area is 249 Å². The van der Waals surface area contributed by atoms with Crippen molar-refractivity contribution in [2.45, 2.75) is 57.2 Å². The fraction of sp³-hybridized carbons (Fsp3) is 0.562. The van der Waals surface area contributed by atoms with Crippen LogP contribution in [0.25, 0.3) is 0 Å². The van der Waals surface area contributed by atoms with E-state index in [1.54, 1.807) is 4.90 Å². The first-order valence-corrected chi connectivity index (χ1v) is 15.3. The van der Waals surface area contributed by atoms with Crippen molar-refractivity contribution in [3.63, 3.8) is 0 Å². The van der Waals surface area contributed by atoms with Gasteiger partial charge in [-0.15, -0.1) is 0 Å². The lowest BCUT2D eigenvalue weighted by molar-refractivity contribution is -0.128. The van der Waals surface area contributed by atoms with Crippen molar-refractivity contribution in [3.05, 3.63) is 47.7 Å². The van der Waals surface area contributed by atoms with E-state index in [0.717, 1.165) is 56.0 Å². The van der Waals surface area contributed by atoms with Gasteiger partial charge in [-0.1, -0.05) is 18.7 Å². The number of hydrogen-bond donors (Lipinski definition) is 0. The van der Waals surface area contributed by atoms with Gasteiger partial charge in [-0.05, 0) is 63.4 Å². The summed E-state index contributed by atoms with van der Waals surface area (Å²) in [5, 5.41) is 9.53. The number of aromatic nitrogens is 2. The fourth-order valence-electron chi connectivity index (χ4n) is 7.11. The number of likely N-dealkylation sites (N-methyl/N-ethyl adjacent to an activating group) is 1. The van der Waals surface area contributed by atoms with Gasteiger partial charge in [-0.2, -0.15) is 15.2 Å². The van der Waals surface area contributed by atoms with Crippen molar-refractivity contribution in [2.75, 3.05) is 74.7 Å². The predicted molar refractivity (Wildman–Crippen MR) is 164 cm³/mol. The summed E-state index contributed by atoms with van der Waals surface area (Å²) in [5.41, 5.74) is 6.16. The maximum atomic E-state index is 12.5. The number of carbonyl (C=O) groups is 1. The number of fused-ring (bicyclic) bond motifs is 2. The standard InChI is InChI=1S/C32H42N8O2/c1-4-29(41)40-19-18-39(20-24(40)12-14-33)31-26-13-17-38(28-11-5-8-23-9-6-16-37(3)30(23)28)21-27(26)34-32(35-31)42-22-25-10-7-15-36(25)2/h4-5,8,11,24-25H,1,6-7,9-10,12-13,15-22H2,2-3H3/t24-,25-/m0/s1. The van der Waals surface area contributed by atoms with Crippen LogP contribution in [0, 0.1) is 11.3 Å². The molecule has 0 N–H and O–H groups in total. The molecule has 42 heavy (non-hydrogen) atoms. The van der Waals surface area contributed by atoms with Gasteiger partial charge in [0.25, 0.3) is 0 Å². The number of para-hydroxylation sites is 1. The Bertz CT molecular complexity index is 1370. The molecule has 0 spiro atoms. The van der Waals surface area contributed by atoms with Crippen LogP contribution in [0.5, 0.6) is 6.01 Å². The molecule has 0 bridgehead atoms. The quantitative estimate of drug-likeness (QED) is 0.466. The van der Waals surface area contributed by atoms with Gasteiger partial charge in [0.1, 0.15) is 12.4 Å². The second kappa shape index (κ2) is 12.2. The first kappa shape index (κ1) is 28.3. The van der Waals surface area contributed by atoms with Gasteiger partial charge in [0.2, 0.25) is 5.91 Å². The summed E-state index contributed by atoms with van der Waals surface area (Å²) in [6.07, 6.45) is 7.01. The van der Waals surface area contributed by atoms with Crippen LogP contribution in [-0.2, 0) is 24.2 Å². The van der Waals surface area contributed by atoms with E-state index >= 15 is 0 Å². The minimum absolute atomic E-state index is 0.129. The lowest BCUT2D eigenvalue weighted by Crippen LogP contribution is -2.55. The predicted octanol–water partition coefficient (Wildman–Crippen LogP) is 3.01. The van der Waals surface area contributed by atoms with Gasteiger partial charge < -0.3 is 29.2 Å². The number of piperazine rings is 1. The smallest absolute Gasteiger partial charge is 0.318 e. The summed E-state index contributed by atoms with van der Waals surface area (Å²) >= 11 is 0. The minimum Gasteiger partial charge on any atom is -0.462 e. The van der Waals surface area contributed by atoms with Crippen molar-refractivity contribution in [1.29, 1.82) is 5.26 Å². The van der Waals surface area contributed by atoms with Crippen molar-refractivity contribution in [1.82, 2.24) is 19.8 Å². The molecular weight excluding hydrogens is 528 g/mol. The number of nitriles is 1. The van der Waals surface area contributed by atoms with Crippen LogP contribution in [0.3, 0.4) is 0 Å². The van der Waals surface area contributed by atoms with E-state index in [1.807, 2.05) is 0 Å². The lowest BCUT2D eigenvalue weighted by atomic mass is 9.98. The van der Waals surface area contributed by atoms with Crippen molar-refractivity contribution in [2.24, 2.45) is 0 Å².